The number of fused-ring (bicyclic) bond motifs is 1. The highest BCUT2D eigenvalue weighted by atomic mass is 35.5. The second-order valence-corrected chi connectivity index (χ2v) is 5.75. The Kier molecular flexibility index (Phi) is 5.04. The van der Waals surface area contributed by atoms with Gasteiger partial charge in [0.25, 0.3) is 5.69 Å². The number of non-ortho nitro benzene ring substituents is 1. The van der Waals surface area contributed by atoms with Gasteiger partial charge in [0, 0.05) is 18.6 Å². The summed E-state index contributed by atoms with van der Waals surface area (Å²) >= 11 is 6.19. The highest BCUT2D eigenvalue weighted by Crippen LogP contribution is 2.38. The average molecular weight is 364 g/mol. The summed E-state index contributed by atoms with van der Waals surface area (Å²) in [5.74, 6) is 0.325. The molecule has 1 heterocycles. The van der Waals surface area contributed by atoms with E-state index in [1.165, 1.54) is 24.3 Å². The van der Waals surface area contributed by atoms with Gasteiger partial charge in [-0.2, -0.15) is 0 Å². The predicted octanol–water partition coefficient (Wildman–Crippen LogP) is 3.77. The Morgan fingerprint density at radius 1 is 1.24 bits per heavy atom. The normalized spacial score (nSPS) is 13.0. The van der Waals surface area contributed by atoms with Crippen LogP contribution in [0.25, 0.3) is 0 Å². The van der Waals surface area contributed by atoms with Gasteiger partial charge < -0.3 is 14.2 Å². The van der Waals surface area contributed by atoms with Crippen LogP contribution in [0.15, 0.2) is 36.4 Å². The van der Waals surface area contributed by atoms with Crippen molar-refractivity contribution in [3.63, 3.8) is 0 Å². The smallest absolute Gasteiger partial charge is 0.338 e. The Hall–Kier alpha value is -2.80. The number of hydrogen-bond donors (Lipinski definition) is 0. The van der Waals surface area contributed by atoms with Crippen LogP contribution >= 0.6 is 11.6 Å². The van der Waals surface area contributed by atoms with Crippen molar-refractivity contribution in [2.24, 2.45) is 0 Å². The fourth-order valence-corrected chi connectivity index (χ4v) is 2.63. The zero-order chi connectivity index (χ0) is 17.8. The molecular weight excluding hydrogens is 350 g/mol. The van der Waals surface area contributed by atoms with E-state index in [1.807, 2.05) is 0 Å². The summed E-state index contributed by atoms with van der Waals surface area (Å²) in [5.41, 5.74) is 0.566. The molecule has 3 rings (SSSR count). The van der Waals surface area contributed by atoms with Crippen LogP contribution in [0.3, 0.4) is 0 Å². The lowest BCUT2D eigenvalue weighted by atomic mass is 10.2. The Morgan fingerprint density at radius 2 is 2.04 bits per heavy atom. The second kappa shape index (κ2) is 7.40. The molecular formula is C17H14ClNO6. The molecule has 0 N–H and O–H groups in total. The molecule has 130 valence electrons. The quantitative estimate of drug-likeness (QED) is 0.467. The van der Waals surface area contributed by atoms with Crippen molar-refractivity contribution in [1.82, 2.24) is 0 Å². The van der Waals surface area contributed by atoms with Crippen LogP contribution in [-0.4, -0.2) is 24.1 Å². The minimum absolute atomic E-state index is 0.0438. The van der Waals surface area contributed by atoms with Gasteiger partial charge in [-0.1, -0.05) is 17.7 Å². The van der Waals surface area contributed by atoms with Crippen molar-refractivity contribution >= 4 is 23.3 Å². The molecule has 8 heteroatoms. The molecule has 0 aliphatic carbocycles. The molecule has 0 spiro atoms. The number of nitro groups is 1. The highest BCUT2D eigenvalue weighted by molar-refractivity contribution is 6.32. The first-order valence-corrected chi connectivity index (χ1v) is 7.92. The molecule has 1 aliphatic heterocycles. The van der Waals surface area contributed by atoms with Crippen molar-refractivity contribution < 1.29 is 23.9 Å². The lowest BCUT2D eigenvalue weighted by Gasteiger charge is -2.12. The largest absolute Gasteiger partial charge is 0.489 e. The molecule has 0 unspecified atom stereocenters. The van der Waals surface area contributed by atoms with Gasteiger partial charge in [-0.3, -0.25) is 10.1 Å². The van der Waals surface area contributed by atoms with Crippen LogP contribution in [0.1, 0.15) is 22.3 Å². The monoisotopic (exact) mass is 363 g/mol. The molecule has 0 saturated carbocycles. The van der Waals surface area contributed by atoms with Crippen LogP contribution in [0.4, 0.5) is 5.69 Å². The number of carbonyl (C=O) groups is 1. The summed E-state index contributed by atoms with van der Waals surface area (Å²) < 4.78 is 16.3. The molecule has 0 aromatic heterocycles. The van der Waals surface area contributed by atoms with Crippen molar-refractivity contribution in [2.75, 3.05) is 13.2 Å². The zero-order valence-electron chi connectivity index (χ0n) is 13.1. The van der Waals surface area contributed by atoms with Gasteiger partial charge in [0.15, 0.2) is 11.5 Å². The number of ether oxygens (including phenoxy) is 3. The summed E-state index contributed by atoms with van der Waals surface area (Å²) in [4.78, 5) is 22.3. The summed E-state index contributed by atoms with van der Waals surface area (Å²) in [5, 5.41) is 11.1. The van der Waals surface area contributed by atoms with Crippen LogP contribution in [-0.2, 0) is 11.3 Å². The third-order valence-corrected chi connectivity index (χ3v) is 3.81. The molecule has 0 fully saturated rings. The van der Waals surface area contributed by atoms with Gasteiger partial charge in [-0.15, -0.1) is 0 Å². The number of nitrogens with zero attached hydrogens (tertiary/aromatic N) is 1. The van der Waals surface area contributed by atoms with Crippen molar-refractivity contribution in [3.05, 3.63) is 62.7 Å². The van der Waals surface area contributed by atoms with Gasteiger partial charge in [0.05, 0.1) is 28.7 Å². The van der Waals surface area contributed by atoms with E-state index >= 15 is 0 Å². The number of esters is 1. The van der Waals surface area contributed by atoms with E-state index < -0.39 is 10.9 Å². The number of carbonyl (C=O) groups excluding carboxylic acids is 1. The Balaban J connectivity index is 1.72. The van der Waals surface area contributed by atoms with Crippen molar-refractivity contribution in [1.29, 1.82) is 0 Å². The van der Waals surface area contributed by atoms with Gasteiger partial charge in [0.1, 0.15) is 6.61 Å². The maximum absolute atomic E-state index is 12.1. The Labute approximate surface area is 148 Å². The Morgan fingerprint density at radius 3 is 2.84 bits per heavy atom. The SMILES string of the molecule is O=C(OCc1cc(Cl)c2c(c1)OCCCO2)c1cccc([N+](=O)[O-])c1. The molecule has 0 atom stereocenters. The summed E-state index contributed by atoms with van der Waals surface area (Å²) in [6, 6.07) is 8.70. The van der Waals surface area contributed by atoms with E-state index in [4.69, 9.17) is 25.8 Å². The summed E-state index contributed by atoms with van der Waals surface area (Å²) in [6.45, 7) is 0.992. The number of benzene rings is 2. The zero-order valence-corrected chi connectivity index (χ0v) is 13.8. The van der Waals surface area contributed by atoms with E-state index in [2.05, 4.69) is 0 Å². The Bertz CT molecular complexity index is 823. The third kappa shape index (κ3) is 4.00. The topological polar surface area (TPSA) is 87.9 Å². The fourth-order valence-electron chi connectivity index (χ4n) is 2.35. The number of rotatable bonds is 4. The molecule has 2 aromatic carbocycles. The number of nitro benzene ring substituents is 1. The molecule has 7 nitrogen and oxygen atoms in total. The first kappa shape index (κ1) is 17.0. The standard InChI is InChI=1S/C17H14ClNO6/c18-14-7-11(8-15-16(14)24-6-2-5-23-15)10-25-17(20)12-3-1-4-13(9-12)19(21)22/h1,3-4,7-9H,2,5-6,10H2. The van der Waals surface area contributed by atoms with Crippen molar-refractivity contribution in [3.8, 4) is 11.5 Å². The van der Waals surface area contributed by atoms with Gasteiger partial charge in [-0.05, 0) is 23.8 Å². The van der Waals surface area contributed by atoms with Crippen LogP contribution in [0, 0.1) is 10.1 Å². The lowest BCUT2D eigenvalue weighted by molar-refractivity contribution is -0.384. The van der Waals surface area contributed by atoms with E-state index in [-0.39, 0.29) is 17.9 Å². The molecule has 0 amide bonds. The summed E-state index contributed by atoms with van der Waals surface area (Å²) in [6.07, 6.45) is 0.752. The first-order valence-electron chi connectivity index (χ1n) is 7.54. The average Bonchev–Trinajstić information content (AvgIpc) is 2.85. The van der Waals surface area contributed by atoms with E-state index in [0.29, 0.717) is 35.3 Å². The third-order valence-electron chi connectivity index (χ3n) is 3.52. The minimum Gasteiger partial charge on any atom is -0.489 e. The predicted molar refractivity (Wildman–Crippen MR) is 89.3 cm³/mol. The molecule has 25 heavy (non-hydrogen) atoms. The van der Waals surface area contributed by atoms with Gasteiger partial charge in [0.2, 0.25) is 0 Å². The second-order valence-electron chi connectivity index (χ2n) is 5.34. The van der Waals surface area contributed by atoms with E-state index in [9.17, 15) is 14.9 Å². The number of halogens is 1. The van der Waals surface area contributed by atoms with E-state index in [0.717, 1.165) is 6.42 Å². The fraction of sp³-hybridized carbons (Fsp3) is 0.235. The van der Waals surface area contributed by atoms with E-state index in [1.54, 1.807) is 12.1 Å². The van der Waals surface area contributed by atoms with Crippen LogP contribution < -0.4 is 9.47 Å². The van der Waals surface area contributed by atoms with Gasteiger partial charge >= 0.3 is 5.97 Å². The minimum atomic E-state index is -0.660. The summed E-state index contributed by atoms with van der Waals surface area (Å²) in [7, 11) is 0. The van der Waals surface area contributed by atoms with Crippen molar-refractivity contribution in [2.45, 2.75) is 13.0 Å². The maximum atomic E-state index is 12.1. The molecule has 0 saturated heterocycles. The van der Waals surface area contributed by atoms with Crippen LogP contribution in [0.2, 0.25) is 5.02 Å². The highest BCUT2D eigenvalue weighted by Gasteiger charge is 2.17. The lowest BCUT2D eigenvalue weighted by Crippen LogP contribution is -2.06. The molecule has 0 bridgehead atoms. The van der Waals surface area contributed by atoms with Gasteiger partial charge in [-0.25, -0.2) is 4.79 Å². The first-order chi connectivity index (χ1) is 12.0. The maximum Gasteiger partial charge on any atom is 0.338 e. The molecule has 2 aromatic rings. The molecule has 0 radical (unpaired) electrons. The molecule has 1 aliphatic rings. The number of hydrogen-bond acceptors (Lipinski definition) is 6. The van der Waals surface area contributed by atoms with Crippen LogP contribution in [0.5, 0.6) is 11.5 Å².